The van der Waals surface area contributed by atoms with Crippen molar-refractivity contribution < 1.29 is 27.4 Å². The van der Waals surface area contributed by atoms with E-state index in [1.807, 2.05) is 13.0 Å². The number of alkyl halides is 3. The molecule has 0 radical (unpaired) electrons. The number of ether oxygens (including phenoxy) is 3. The van der Waals surface area contributed by atoms with Crippen LogP contribution in [0.1, 0.15) is 49.7 Å². The summed E-state index contributed by atoms with van der Waals surface area (Å²) in [6.07, 6.45) is -2.57. The Balaban J connectivity index is 1.70. The van der Waals surface area contributed by atoms with E-state index in [1.165, 1.54) is 6.07 Å². The second kappa shape index (κ2) is 9.65. The van der Waals surface area contributed by atoms with Crippen LogP contribution < -0.4 is 20.5 Å². The van der Waals surface area contributed by atoms with E-state index in [0.717, 1.165) is 25.0 Å². The maximum absolute atomic E-state index is 13.3. The molecule has 0 aliphatic heterocycles. The Kier molecular flexibility index (Phi) is 6.92. The van der Waals surface area contributed by atoms with Crippen LogP contribution >= 0.6 is 0 Å². The number of aromatic nitrogens is 2. The number of fused-ring (bicyclic) bond motifs is 1. The molecular formula is C26H31F3N4O3. The van der Waals surface area contributed by atoms with E-state index in [0.29, 0.717) is 46.2 Å². The van der Waals surface area contributed by atoms with Gasteiger partial charge in [0.15, 0.2) is 11.5 Å². The minimum absolute atomic E-state index is 0.0302. The van der Waals surface area contributed by atoms with E-state index >= 15 is 0 Å². The number of hydrogen-bond donors (Lipinski definition) is 2. The van der Waals surface area contributed by atoms with Gasteiger partial charge in [-0.2, -0.15) is 13.2 Å². The van der Waals surface area contributed by atoms with Crippen molar-refractivity contribution in [3.05, 3.63) is 47.3 Å². The number of methoxy groups -OCH3 is 2. The lowest BCUT2D eigenvalue weighted by Crippen LogP contribution is -2.29. The Morgan fingerprint density at radius 2 is 1.78 bits per heavy atom. The Morgan fingerprint density at radius 3 is 2.39 bits per heavy atom. The molecule has 0 saturated heterocycles. The molecule has 1 saturated carbocycles. The van der Waals surface area contributed by atoms with Gasteiger partial charge in [-0.15, -0.1) is 0 Å². The average Bonchev–Trinajstić information content (AvgIpc) is 3.59. The Labute approximate surface area is 208 Å². The average molecular weight is 505 g/mol. The van der Waals surface area contributed by atoms with Crippen molar-refractivity contribution in [2.75, 3.05) is 31.9 Å². The highest BCUT2D eigenvalue weighted by molar-refractivity contribution is 5.92. The highest BCUT2D eigenvalue weighted by Gasteiger charge is 2.49. The zero-order chi connectivity index (χ0) is 26.3. The Bertz CT molecular complexity index is 1260. The quantitative estimate of drug-likeness (QED) is 0.350. The SMILES string of the molecule is COCC1([C@H](C)Oc2cc3c(N[C@H](C)c4cc(N)cc(C(F)(F)F)c4)nc(C)nc3cc2OC)CC1. The summed E-state index contributed by atoms with van der Waals surface area (Å²) in [6, 6.07) is 6.60. The van der Waals surface area contributed by atoms with Crippen molar-refractivity contribution in [2.24, 2.45) is 5.41 Å². The largest absolute Gasteiger partial charge is 0.493 e. The highest BCUT2D eigenvalue weighted by Crippen LogP contribution is 2.51. The van der Waals surface area contributed by atoms with Gasteiger partial charge in [0.2, 0.25) is 0 Å². The van der Waals surface area contributed by atoms with Crippen molar-refractivity contribution in [2.45, 2.75) is 51.9 Å². The molecule has 1 aliphatic rings. The summed E-state index contributed by atoms with van der Waals surface area (Å²) in [4.78, 5) is 9.06. The molecule has 0 amide bonds. The number of benzene rings is 2. The zero-order valence-electron chi connectivity index (χ0n) is 21.0. The third-order valence-corrected chi connectivity index (χ3v) is 6.74. The molecule has 10 heteroatoms. The first-order chi connectivity index (χ1) is 17.0. The van der Waals surface area contributed by atoms with Gasteiger partial charge in [-0.05, 0) is 63.4 Å². The second-order valence-electron chi connectivity index (χ2n) is 9.45. The summed E-state index contributed by atoms with van der Waals surface area (Å²) in [6.45, 7) is 6.12. The first-order valence-corrected chi connectivity index (χ1v) is 11.7. The molecule has 0 unspecified atom stereocenters. The fourth-order valence-corrected chi connectivity index (χ4v) is 4.42. The molecule has 0 bridgehead atoms. The van der Waals surface area contributed by atoms with Crippen LogP contribution in [0.5, 0.6) is 11.5 Å². The van der Waals surface area contributed by atoms with Crippen LogP contribution in [-0.4, -0.2) is 36.9 Å². The second-order valence-corrected chi connectivity index (χ2v) is 9.45. The number of nitrogens with two attached hydrogens (primary N) is 1. The Hall–Kier alpha value is -3.27. The van der Waals surface area contributed by atoms with Gasteiger partial charge >= 0.3 is 6.18 Å². The summed E-state index contributed by atoms with van der Waals surface area (Å²) in [7, 11) is 3.24. The zero-order valence-corrected chi connectivity index (χ0v) is 21.0. The summed E-state index contributed by atoms with van der Waals surface area (Å²) in [5, 5.41) is 3.90. The molecule has 36 heavy (non-hydrogen) atoms. The predicted octanol–water partition coefficient (Wildman–Crippen LogP) is 5.91. The molecule has 1 aromatic heterocycles. The molecule has 3 aromatic rings. The van der Waals surface area contributed by atoms with E-state index in [1.54, 1.807) is 34.1 Å². The monoisotopic (exact) mass is 504 g/mol. The standard InChI is InChI=1S/C26H31F3N4O3/c1-14(17-8-18(26(27,28)29)10-19(30)9-17)31-24-20-11-23(36-15(2)25(6-7-25)13-34-4)22(35-5)12-21(20)32-16(3)33-24/h8-12,14-15H,6-7,13,30H2,1-5H3,(H,31,32,33)/t14-,15+/m1/s1. The number of rotatable bonds is 9. The molecule has 0 spiro atoms. The van der Waals surface area contributed by atoms with E-state index in [-0.39, 0.29) is 17.2 Å². The van der Waals surface area contributed by atoms with Crippen molar-refractivity contribution in [1.82, 2.24) is 9.97 Å². The molecule has 1 heterocycles. The third kappa shape index (κ3) is 5.28. The van der Waals surface area contributed by atoms with E-state index < -0.39 is 17.8 Å². The number of nitrogen functional groups attached to an aromatic ring is 1. The van der Waals surface area contributed by atoms with Gasteiger partial charge in [-0.3, -0.25) is 0 Å². The predicted molar refractivity (Wildman–Crippen MR) is 132 cm³/mol. The van der Waals surface area contributed by atoms with Crippen LogP contribution in [0.15, 0.2) is 30.3 Å². The summed E-state index contributed by atoms with van der Waals surface area (Å²) >= 11 is 0. The van der Waals surface area contributed by atoms with Crippen molar-refractivity contribution in [3.63, 3.8) is 0 Å². The maximum Gasteiger partial charge on any atom is 0.416 e. The van der Waals surface area contributed by atoms with Crippen molar-refractivity contribution >= 4 is 22.4 Å². The number of hydrogen-bond acceptors (Lipinski definition) is 7. The number of nitrogens with one attached hydrogen (secondary N) is 1. The molecule has 4 rings (SSSR count). The fraction of sp³-hybridized carbons (Fsp3) is 0.462. The summed E-state index contributed by atoms with van der Waals surface area (Å²) in [5.41, 5.74) is 5.99. The van der Waals surface area contributed by atoms with Gasteiger partial charge in [-0.25, -0.2) is 9.97 Å². The fourth-order valence-electron chi connectivity index (χ4n) is 4.42. The normalized spacial score (nSPS) is 16.4. The third-order valence-electron chi connectivity index (χ3n) is 6.74. The van der Waals surface area contributed by atoms with Crippen LogP contribution in [-0.2, 0) is 10.9 Å². The van der Waals surface area contributed by atoms with E-state index in [9.17, 15) is 13.2 Å². The highest BCUT2D eigenvalue weighted by atomic mass is 19.4. The van der Waals surface area contributed by atoms with Gasteiger partial charge in [0, 0.05) is 29.7 Å². The lowest BCUT2D eigenvalue weighted by Gasteiger charge is -2.25. The molecule has 1 aliphatic carbocycles. The van der Waals surface area contributed by atoms with Crippen LogP contribution in [0.4, 0.5) is 24.7 Å². The topological polar surface area (TPSA) is 91.5 Å². The summed E-state index contributed by atoms with van der Waals surface area (Å²) in [5.74, 6) is 2.04. The lowest BCUT2D eigenvalue weighted by atomic mass is 10.0. The Morgan fingerprint density at radius 1 is 1.06 bits per heavy atom. The lowest BCUT2D eigenvalue weighted by molar-refractivity contribution is -0.137. The molecule has 2 atom stereocenters. The maximum atomic E-state index is 13.3. The van der Waals surface area contributed by atoms with Crippen LogP contribution in [0.3, 0.4) is 0 Å². The number of halogens is 3. The minimum Gasteiger partial charge on any atom is -0.493 e. The van der Waals surface area contributed by atoms with E-state index in [4.69, 9.17) is 19.9 Å². The van der Waals surface area contributed by atoms with Crippen LogP contribution in [0.2, 0.25) is 0 Å². The number of aryl methyl sites for hydroxylation is 1. The molecule has 3 N–H and O–H groups in total. The van der Waals surface area contributed by atoms with Gasteiger partial charge in [0.1, 0.15) is 17.7 Å². The molecular weight excluding hydrogens is 473 g/mol. The van der Waals surface area contributed by atoms with Crippen LogP contribution in [0.25, 0.3) is 10.9 Å². The first-order valence-electron chi connectivity index (χ1n) is 11.7. The number of anilines is 2. The van der Waals surface area contributed by atoms with Crippen molar-refractivity contribution in [1.29, 1.82) is 0 Å². The van der Waals surface area contributed by atoms with E-state index in [2.05, 4.69) is 15.3 Å². The van der Waals surface area contributed by atoms with Gasteiger partial charge < -0.3 is 25.3 Å². The van der Waals surface area contributed by atoms with Crippen molar-refractivity contribution in [3.8, 4) is 11.5 Å². The van der Waals surface area contributed by atoms with Gasteiger partial charge in [0.05, 0.1) is 30.8 Å². The van der Waals surface area contributed by atoms with Gasteiger partial charge in [-0.1, -0.05) is 0 Å². The van der Waals surface area contributed by atoms with Crippen LogP contribution in [0, 0.1) is 12.3 Å². The minimum atomic E-state index is -4.50. The molecule has 1 fully saturated rings. The summed E-state index contributed by atoms with van der Waals surface area (Å²) < 4.78 is 57.3. The number of nitrogens with zero attached hydrogens (tertiary/aromatic N) is 2. The molecule has 2 aromatic carbocycles. The first kappa shape index (κ1) is 25.8. The smallest absolute Gasteiger partial charge is 0.416 e. The molecule has 7 nitrogen and oxygen atoms in total. The molecule has 194 valence electrons. The van der Waals surface area contributed by atoms with Gasteiger partial charge in [0.25, 0.3) is 0 Å².